The predicted molar refractivity (Wildman–Crippen MR) is 79.9 cm³/mol. The molecule has 0 heterocycles. The fourth-order valence-corrected chi connectivity index (χ4v) is 2.12. The number of hydrogen-bond donors (Lipinski definition) is 1. The summed E-state index contributed by atoms with van der Waals surface area (Å²) < 4.78 is 5.34. The molecule has 0 spiro atoms. The van der Waals surface area contributed by atoms with E-state index >= 15 is 0 Å². The monoisotopic (exact) mass is 258 g/mol. The number of ether oxygens (including phenoxy) is 1. The highest BCUT2D eigenvalue weighted by molar-refractivity contribution is 8.03. The summed E-state index contributed by atoms with van der Waals surface area (Å²) in [6, 6.07) is 0. The van der Waals surface area contributed by atoms with Crippen LogP contribution in [0.1, 0.15) is 13.8 Å². The van der Waals surface area contributed by atoms with E-state index in [2.05, 4.69) is 25.3 Å². The number of thioether (sulfide) groups is 1. The molecule has 0 aliphatic carbocycles. The van der Waals surface area contributed by atoms with Gasteiger partial charge in [0.2, 0.25) is 0 Å². The number of hydrogen-bond acceptors (Lipinski definition) is 4. The van der Waals surface area contributed by atoms with Crippen molar-refractivity contribution in [1.82, 2.24) is 5.01 Å². The number of nitrogens with zero attached hydrogens (tertiary/aromatic N) is 1. The van der Waals surface area contributed by atoms with Gasteiger partial charge in [0, 0.05) is 31.4 Å². The Morgan fingerprint density at radius 3 is 2.41 bits per heavy atom. The number of rotatable bonds is 7. The first-order valence-corrected chi connectivity index (χ1v) is 6.53. The van der Waals surface area contributed by atoms with Crippen LogP contribution in [-0.2, 0) is 4.74 Å². The van der Waals surface area contributed by atoms with Crippen molar-refractivity contribution in [2.45, 2.75) is 20.0 Å². The minimum atomic E-state index is 0.171. The maximum Gasteiger partial charge on any atom is 0.0805 e. The Kier molecular flexibility index (Phi) is 15.0. The summed E-state index contributed by atoms with van der Waals surface area (Å²) in [5.41, 5.74) is 0. The van der Waals surface area contributed by atoms with Crippen LogP contribution in [0.25, 0.3) is 0 Å². The molecule has 2 N–H and O–H groups in total. The van der Waals surface area contributed by atoms with Crippen LogP contribution in [-0.4, -0.2) is 37.6 Å². The highest BCUT2D eigenvalue weighted by Crippen LogP contribution is 2.18. The minimum Gasteiger partial charge on any atom is -0.379 e. The zero-order valence-electron chi connectivity index (χ0n) is 11.5. The summed E-state index contributed by atoms with van der Waals surface area (Å²) in [4.78, 5) is 1.26. The molecule has 0 aliphatic heterocycles. The second kappa shape index (κ2) is 13.5. The van der Waals surface area contributed by atoms with Gasteiger partial charge in [0.1, 0.15) is 0 Å². The van der Waals surface area contributed by atoms with Crippen LogP contribution in [0.15, 0.2) is 36.3 Å². The molecular formula is C13H26N2OS. The van der Waals surface area contributed by atoms with Crippen molar-refractivity contribution in [2.24, 2.45) is 5.84 Å². The molecule has 0 amide bonds. The molecule has 0 radical (unpaired) electrons. The summed E-state index contributed by atoms with van der Waals surface area (Å²) in [6.45, 7) is 10.8. The Morgan fingerprint density at radius 1 is 1.47 bits per heavy atom. The van der Waals surface area contributed by atoms with E-state index in [9.17, 15) is 0 Å². The van der Waals surface area contributed by atoms with E-state index < -0.39 is 0 Å². The van der Waals surface area contributed by atoms with Gasteiger partial charge in [-0.2, -0.15) is 0 Å². The van der Waals surface area contributed by atoms with Crippen LogP contribution >= 0.6 is 11.8 Å². The van der Waals surface area contributed by atoms with Gasteiger partial charge >= 0.3 is 0 Å². The second-order valence-electron chi connectivity index (χ2n) is 3.30. The van der Waals surface area contributed by atoms with Gasteiger partial charge in [-0.3, -0.25) is 5.84 Å². The molecule has 0 fully saturated rings. The lowest BCUT2D eigenvalue weighted by Gasteiger charge is -2.19. The molecule has 1 unspecified atom stereocenters. The number of allylic oxidation sites excluding steroid dienone is 3. The Hall–Kier alpha value is -0.550. The fraction of sp³-hybridized carbons (Fsp3) is 0.538. The van der Waals surface area contributed by atoms with Gasteiger partial charge in [-0.15, -0.1) is 24.9 Å². The number of hydrazine groups is 1. The van der Waals surface area contributed by atoms with Gasteiger partial charge in [-0.25, -0.2) is 5.01 Å². The Balaban J connectivity index is 0. The molecule has 0 bridgehead atoms. The quantitative estimate of drug-likeness (QED) is 0.330. The molecule has 4 heteroatoms. The van der Waals surface area contributed by atoms with Crippen molar-refractivity contribution in [3.63, 3.8) is 0 Å². The molecule has 0 saturated carbocycles. The largest absolute Gasteiger partial charge is 0.379 e. The molecule has 0 aromatic carbocycles. The van der Waals surface area contributed by atoms with E-state index in [1.54, 1.807) is 23.9 Å². The van der Waals surface area contributed by atoms with Gasteiger partial charge in [0.05, 0.1) is 6.10 Å². The van der Waals surface area contributed by atoms with Gasteiger partial charge in [-0.05, 0) is 13.8 Å². The lowest BCUT2D eigenvalue weighted by Crippen LogP contribution is -2.36. The average molecular weight is 258 g/mol. The van der Waals surface area contributed by atoms with E-state index in [-0.39, 0.29) is 6.10 Å². The first-order chi connectivity index (χ1) is 8.13. The summed E-state index contributed by atoms with van der Waals surface area (Å²) in [6.07, 6.45) is 6.41. The number of methoxy groups -OCH3 is 1. The Morgan fingerprint density at radius 2 is 2.06 bits per heavy atom. The van der Waals surface area contributed by atoms with Crippen molar-refractivity contribution in [1.29, 1.82) is 0 Å². The van der Waals surface area contributed by atoms with Crippen LogP contribution in [0, 0.1) is 0 Å². The maximum atomic E-state index is 5.58. The maximum absolute atomic E-state index is 5.58. The summed E-state index contributed by atoms with van der Waals surface area (Å²) >= 11 is 1.79. The second-order valence-corrected chi connectivity index (χ2v) is 4.39. The van der Waals surface area contributed by atoms with Crippen molar-refractivity contribution < 1.29 is 4.74 Å². The molecule has 0 aromatic heterocycles. The highest BCUT2D eigenvalue weighted by atomic mass is 32.2. The third-order valence-corrected chi connectivity index (χ3v) is 3.12. The number of nitrogens with two attached hydrogens (primary N) is 1. The highest BCUT2D eigenvalue weighted by Gasteiger charge is 2.09. The summed E-state index contributed by atoms with van der Waals surface area (Å²) in [5.74, 6) is 6.50. The lowest BCUT2D eigenvalue weighted by atomic mass is 10.4. The third kappa shape index (κ3) is 11.7. The van der Waals surface area contributed by atoms with Gasteiger partial charge in [0.15, 0.2) is 0 Å². The SMILES string of the molecule is C/C=C\C(=C/C)SCC(CN(C)N)OC.C=C. The van der Waals surface area contributed by atoms with E-state index in [1.165, 1.54) is 4.91 Å². The molecule has 100 valence electrons. The van der Waals surface area contributed by atoms with Crippen molar-refractivity contribution in [2.75, 3.05) is 26.5 Å². The molecule has 3 nitrogen and oxygen atoms in total. The van der Waals surface area contributed by atoms with Crippen LogP contribution in [0.3, 0.4) is 0 Å². The summed E-state index contributed by atoms with van der Waals surface area (Å²) in [7, 11) is 3.57. The first kappa shape index (κ1) is 18.8. The number of likely N-dealkylation sites (N-methyl/N-ethyl adjacent to an activating group) is 1. The van der Waals surface area contributed by atoms with Crippen LogP contribution < -0.4 is 5.84 Å². The van der Waals surface area contributed by atoms with Crippen molar-refractivity contribution in [3.8, 4) is 0 Å². The topological polar surface area (TPSA) is 38.5 Å². The van der Waals surface area contributed by atoms with E-state index in [1.807, 2.05) is 27.0 Å². The third-order valence-electron chi connectivity index (χ3n) is 1.88. The lowest BCUT2D eigenvalue weighted by molar-refractivity contribution is 0.0895. The smallest absolute Gasteiger partial charge is 0.0805 e. The molecule has 0 saturated heterocycles. The molecule has 0 aromatic rings. The first-order valence-electron chi connectivity index (χ1n) is 5.54. The van der Waals surface area contributed by atoms with Gasteiger partial charge in [-0.1, -0.05) is 18.2 Å². The molecule has 0 rings (SSSR count). The van der Waals surface area contributed by atoms with Gasteiger partial charge in [0.25, 0.3) is 0 Å². The zero-order valence-corrected chi connectivity index (χ0v) is 12.3. The predicted octanol–water partition coefficient (Wildman–Crippen LogP) is 2.82. The molecule has 1 atom stereocenters. The molecule has 0 aliphatic rings. The van der Waals surface area contributed by atoms with Crippen LogP contribution in [0.2, 0.25) is 0 Å². The molecular weight excluding hydrogens is 232 g/mol. The van der Waals surface area contributed by atoms with Crippen LogP contribution in [0.5, 0.6) is 0 Å². The van der Waals surface area contributed by atoms with Gasteiger partial charge < -0.3 is 4.74 Å². The van der Waals surface area contributed by atoms with Crippen molar-refractivity contribution in [3.05, 3.63) is 36.3 Å². The average Bonchev–Trinajstić information content (AvgIpc) is 2.34. The van der Waals surface area contributed by atoms with E-state index in [0.717, 1.165) is 12.3 Å². The van der Waals surface area contributed by atoms with Crippen LogP contribution in [0.4, 0.5) is 0 Å². The molecule has 17 heavy (non-hydrogen) atoms. The van der Waals surface area contributed by atoms with E-state index in [4.69, 9.17) is 10.6 Å². The standard InChI is InChI=1S/C11H22N2OS.C2H4/c1-5-7-11(6-2)15-9-10(14-4)8-13(3)12;1-2/h5-7,10H,8-9,12H2,1-4H3;1-2H2/b7-5-,11-6+;. The summed E-state index contributed by atoms with van der Waals surface area (Å²) in [5, 5.41) is 1.65. The van der Waals surface area contributed by atoms with Crippen molar-refractivity contribution >= 4 is 11.8 Å². The minimum absolute atomic E-state index is 0.171. The zero-order chi connectivity index (χ0) is 13.7. The van der Waals surface area contributed by atoms with E-state index in [0.29, 0.717) is 0 Å². The Bertz CT molecular complexity index is 227. The fourth-order valence-electron chi connectivity index (χ4n) is 1.10. The normalized spacial score (nSPS) is 13.6. The Labute approximate surface area is 110 Å².